The van der Waals surface area contributed by atoms with E-state index in [1.54, 1.807) is 6.92 Å². The lowest BCUT2D eigenvalue weighted by Crippen LogP contribution is -2.02. The zero-order valence-electron chi connectivity index (χ0n) is 7.77. The van der Waals surface area contributed by atoms with E-state index in [-0.39, 0.29) is 16.9 Å². The Morgan fingerprint density at radius 2 is 2.00 bits per heavy atom. The Morgan fingerprint density at radius 1 is 1.43 bits per heavy atom. The molecule has 1 aromatic rings. The van der Waals surface area contributed by atoms with Crippen LogP contribution < -0.4 is 0 Å². The molecule has 0 atom stereocenters. The number of hydrogen-bond donors (Lipinski definition) is 0. The maximum atomic E-state index is 12.5. The minimum atomic E-state index is -2.59. The molecule has 4 heteroatoms. The summed E-state index contributed by atoms with van der Waals surface area (Å²) in [5.74, 6) is -0.320. The highest BCUT2D eigenvalue weighted by molar-refractivity contribution is 14.1. The van der Waals surface area contributed by atoms with E-state index in [1.807, 2.05) is 22.6 Å². The largest absolute Gasteiger partial charge is 0.294 e. The maximum Gasteiger partial charge on any atom is 0.264 e. The molecule has 0 fully saturated rings. The highest BCUT2D eigenvalue weighted by Crippen LogP contribution is 2.27. The van der Waals surface area contributed by atoms with Gasteiger partial charge in [0.05, 0.1) is 0 Å². The SMILES string of the molecule is CC(=O)c1cc(C)c(I)cc1C(F)F. The highest BCUT2D eigenvalue weighted by Gasteiger charge is 2.17. The maximum absolute atomic E-state index is 12.5. The minimum Gasteiger partial charge on any atom is -0.294 e. The lowest BCUT2D eigenvalue weighted by atomic mass is 10.0. The van der Waals surface area contributed by atoms with Crippen molar-refractivity contribution in [1.29, 1.82) is 0 Å². The summed E-state index contributed by atoms with van der Waals surface area (Å²) in [5, 5.41) is 0. The van der Waals surface area contributed by atoms with Crippen molar-refractivity contribution in [1.82, 2.24) is 0 Å². The van der Waals surface area contributed by atoms with E-state index in [0.29, 0.717) is 0 Å². The summed E-state index contributed by atoms with van der Waals surface area (Å²) < 4.78 is 25.8. The zero-order chi connectivity index (χ0) is 10.9. The topological polar surface area (TPSA) is 17.1 Å². The van der Waals surface area contributed by atoms with E-state index in [1.165, 1.54) is 19.1 Å². The van der Waals surface area contributed by atoms with Crippen LogP contribution in [0.15, 0.2) is 12.1 Å². The normalized spacial score (nSPS) is 10.7. The van der Waals surface area contributed by atoms with Crippen LogP contribution >= 0.6 is 22.6 Å². The molecule has 0 radical (unpaired) electrons. The second-order valence-corrected chi connectivity index (χ2v) is 4.21. The highest BCUT2D eigenvalue weighted by atomic mass is 127. The monoisotopic (exact) mass is 310 g/mol. The fourth-order valence-corrected chi connectivity index (χ4v) is 1.67. The number of carbonyl (C=O) groups excluding carboxylic acids is 1. The summed E-state index contributed by atoms with van der Waals surface area (Å²) in [5.41, 5.74) is 0.797. The van der Waals surface area contributed by atoms with Gasteiger partial charge < -0.3 is 0 Å². The molecular formula is C10H9F2IO. The van der Waals surface area contributed by atoms with Gasteiger partial charge >= 0.3 is 0 Å². The molecule has 14 heavy (non-hydrogen) atoms. The molecule has 0 bridgehead atoms. The van der Waals surface area contributed by atoms with Crippen molar-refractivity contribution in [3.8, 4) is 0 Å². The van der Waals surface area contributed by atoms with Gasteiger partial charge in [-0.2, -0.15) is 0 Å². The number of hydrogen-bond acceptors (Lipinski definition) is 1. The first-order valence-electron chi connectivity index (χ1n) is 4.02. The van der Waals surface area contributed by atoms with Gasteiger partial charge in [0.15, 0.2) is 5.78 Å². The van der Waals surface area contributed by atoms with Crippen molar-refractivity contribution >= 4 is 28.4 Å². The third kappa shape index (κ3) is 2.29. The molecule has 0 saturated carbocycles. The Hall–Kier alpha value is -0.520. The summed E-state index contributed by atoms with van der Waals surface area (Å²) in [6.45, 7) is 3.09. The van der Waals surface area contributed by atoms with Gasteiger partial charge in [-0.1, -0.05) is 0 Å². The molecule has 76 valence electrons. The van der Waals surface area contributed by atoms with E-state index in [0.717, 1.165) is 9.13 Å². The van der Waals surface area contributed by atoms with Crippen LogP contribution in [-0.2, 0) is 0 Å². The van der Waals surface area contributed by atoms with Gasteiger partial charge in [-0.25, -0.2) is 8.78 Å². The van der Waals surface area contributed by atoms with E-state index in [4.69, 9.17) is 0 Å². The summed E-state index contributed by atoms with van der Waals surface area (Å²) in [6.07, 6.45) is -2.59. The average molecular weight is 310 g/mol. The zero-order valence-corrected chi connectivity index (χ0v) is 9.93. The van der Waals surface area contributed by atoms with Crippen LogP contribution in [0.25, 0.3) is 0 Å². The first-order valence-corrected chi connectivity index (χ1v) is 5.10. The molecule has 0 aliphatic rings. The summed E-state index contributed by atoms with van der Waals surface area (Å²) in [4.78, 5) is 11.1. The van der Waals surface area contributed by atoms with Gasteiger partial charge in [0.2, 0.25) is 0 Å². The minimum absolute atomic E-state index is 0.123. The summed E-state index contributed by atoms with van der Waals surface area (Å²) >= 11 is 1.98. The second kappa shape index (κ2) is 4.33. The number of rotatable bonds is 2. The predicted octanol–water partition coefficient (Wildman–Crippen LogP) is 3.74. The fourth-order valence-electron chi connectivity index (χ4n) is 1.18. The second-order valence-electron chi connectivity index (χ2n) is 3.05. The van der Waals surface area contributed by atoms with Gasteiger partial charge in [0.25, 0.3) is 6.43 Å². The molecule has 0 amide bonds. The van der Waals surface area contributed by atoms with Crippen molar-refractivity contribution in [2.24, 2.45) is 0 Å². The van der Waals surface area contributed by atoms with Crippen LogP contribution in [0.4, 0.5) is 8.78 Å². The van der Waals surface area contributed by atoms with E-state index >= 15 is 0 Å². The number of halogens is 3. The fraction of sp³-hybridized carbons (Fsp3) is 0.300. The standard InChI is InChI=1S/C10H9F2IO/c1-5-3-7(6(2)14)8(10(11)12)4-9(5)13/h3-4,10H,1-2H3. The molecule has 0 spiro atoms. The van der Waals surface area contributed by atoms with Gasteiger partial charge in [-0.05, 0) is 54.1 Å². The summed E-state index contributed by atoms with van der Waals surface area (Å²) in [6, 6.07) is 2.89. The number of carbonyl (C=O) groups is 1. The first kappa shape index (κ1) is 11.6. The van der Waals surface area contributed by atoms with Crippen LogP contribution in [0.3, 0.4) is 0 Å². The predicted molar refractivity (Wildman–Crippen MR) is 58.9 cm³/mol. The van der Waals surface area contributed by atoms with Gasteiger partial charge in [-0.15, -0.1) is 0 Å². The smallest absolute Gasteiger partial charge is 0.264 e. The molecule has 0 saturated heterocycles. The third-order valence-corrected chi connectivity index (χ3v) is 3.11. The molecule has 0 aliphatic carbocycles. The van der Waals surface area contributed by atoms with Gasteiger partial charge in [-0.3, -0.25) is 4.79 Å². The molecule has 1 nitrogen and oxygen atoms in total. The Kier molecular flexibility index (Phi) is 3.58. The van der Waals surface area contributed by atoms with Gasteiger partial charge in [0, 0.05) is 14.7 Å². The van der Waals surface area contributed by atoms with Crippen LogP contribution in [0.5, 0.6) is 0 Å². The lowest BCUT2D eigenvalue weighted by Gasteiger charge is -2.08. The quantitative estimate of drug-likeness (QED) is 0.601. The Morgan fingerprint density at radius 3 is 2.43 bits per heavy atom. The van der Waals surface area contributed by atoms with E-state index < -0.39 is 6.43 Å². The number of alkyl halides is 2. The Bertz CT molecular complexity index is 375. The molecule has 0 aromatic heterocycles. The van der Waals surface area contributed by atoms with Crippen molar-refractivity contribution in [3.63, 3.8) is 0 Å². The van der Waals surface area contributed by atoms with Crippen LogP contribution in [0, 0.1) is 10.5 Å². The number of benzene rings is 1. The van der Waals surface area contributed by atoms with Crippen molar-refractivity contribution < 1.29 is 13.6 Å². The summed E-state index contributed by atoms with van der Waals surface area (Å²) in [7, 11) is 0. The average Bonchev–Trinajstić information content (AvgIpc) is 2.08. The van der Waals surface area contributed by atoms with Crippen LogP contribution in [-0.4, -0.2) is 5.78 Å². The molecule has 0 unspecified atom stereocenters. The number of aryl methyl sites for hydroxylation is 1. The van der Waals surface area contributed by atoms with Gasteiger partial charge in [0.1, 0.15) is 0 Å². The molecule has 0 N–H and O–H groups in total. The number of Topliss-reactive ketones (excluding diaryl/α,β-unsaturated/α-hetero) is 1. The Labute approximate surface area is 94.6 Å². The van der Waals surface area contributed by atoms with Crippen LogP contribution in [0.1, 0.15) is 34.8 Å². The molecule has 0 aliphatic heterocycles. The van der Waals surface area contributed by atoms with Crippen molar-refractivity contribution in [2.45, 2.75) is 20.3 Å². The molecular weight excluding hydrogens is 301 g/mol. The van der Waals surface area contributed by atoms with Crippen LogP contribution in [0.2, 0.25) is 0 Å². The molecule has 1 aromatic carbocycles. The van der Waals surface area contributed by atoms with E-state index in [2.05, 4.69) is 0 Å². The van der Waals surface area contributed by atoms with Crippen molar-refractivity contribution in [3.05, 3.63) is 32.4 Å². The molecule has 0 heterocycles. The van der Waals surface area contributed by atoms with Crippen molar-refractivity contribution in [2.75, 3.05) is 0 Å². The van der Waals surface area contributed by atoms with E-state index in [9.17, 15) is 13.6 Å². The Balaban J connectivity index is 3.39. The third-order valence-electron chi connectivity index (χ3n) is 1.95. The number of ketones is 1. The first-order chi connectivity index (χ1) is 6.43. The lowest BCUT2D eigenvalue weighted by molar-refractivity contribution is 0.0999. The molecule has 1 rings (SSSR count).